The van der Waals surface area contributed by atoms with Crippen molar-refractivity contribution < 1.29 is 14.7 Å². The lowest BCUT2D eigenvalue weighted by molar-refractivity contribution is -0.148. The molecule has 4 rings (SSSR count). The van der Waals surface area contributed by atoms with Crippen LogP contribution in [-0.2, 0) is 9.53 Å². The number of fused-ring (bicyclic) bond motifs is 5. The van der Waals surface area contributed by atoms with Gasteiger partial charge in [0.15, 0.2) is 0 Å². The second-order valence-electron chi connectivity index (χ2n) is 9.33. The SMILES string of the molecule is CC(=O)O[C@H]1CC[C@@]2(C)C(=CC[C@H]3C4=CC=C(/C(C)=N/O)[C@@]4(C)CC[C@@H]32)C1. The average molecular weight is 370 g/mol. The number of nitrogens with zero attached hydrogens (tertiary/aromatic N) is 1. The van der Waals surface area contributed by atoms with Crippen LogP contribution >= 0.6 is 0 Å². The fourth-order valence-corrected chi connectivity index (χ4v) is 6.54. The van der Waals surface area contributed by atoms with E-state index in [9.17, 15) is 10.0 Å². The summed E-state index contributed by atoms with van der Waals surface area (Å²) in [4.78, 5) is 11.4. The van der Waals surface area contributed by atoms with Gasteiger partial charge in [0.1, 0.15) is 6.10 Å². The lowest BCUT2D eigenvalue weighted by atomic mass is 9.49. The van der Waals surface area contributed by atoms with Gasteiger partial charge >= 0.3 is 5.97 Å². The normalized spacial score (nSPS) is 40.8. The van der Waals surface area contributed by atoms with Gasteiger partial charge in [-0.1, -0.05) is 48.4 Å². The molecule has 4 nitrogen and oxygen atoms in total. The van der Waals surface area contributed by atoms with E-state index < -0.39 is 0 Å². The van der Waals surface area contributed by atoms with Crippen LogP contribution in [0.15, 0.2) is 40.1 Å². The fraction of sp³-hybridized carbons (Fsp3) is 0.652. The van der Waals surface area contributed by atoms with E-state index in [1.165, 1.54) is 30.1 Å². The first-order valence-electron chi connectivity index (χ1n) is 10.3. The van der Waals surface area contributed by atoms with E-state index in [0.717, 1.165) is 37.8 Å². The molecule has 0 aromatic carbocycles. The van der Waals surface area contributed by atoms with Crippen LogP contribution in [0, 0.1) is 22.7 Å². The molecule has 5 atom stereocenters. The highest BCUT2D eigenvalue weighted by molar-refractivity contribution is 6.00. The van der Waals surface area contributed by atoms with Gasteiger partial charge in [0, 0.05) is 18.8 Å². The monoisotopic (exact) mass is 369 g/mol. The zero-order valence-electron chi connectivity index (χ0n) is 16.9. The maximum Gasteiger partial charge on any atom is 0.302 e. The summed E-state index contributed by atoms with van der Waals surface area (Å²) in [6.07, 6.45) is 13.3. The minimum atomic E-state index is -0.165. The molecule has 0 unspecified atom stereocenters. The van der Waals surface area contributed by atoms with Gasteiger partial charge in [-0.2, -0.15) is 0 Å². The molecule has 27 heavy (non-hydrogen) atoms. The Morgan fingerprint density at radius 2 is 2.00 bits per heavy atom. The van der Waals surface area contributed by atoms with Crippen LogP contribution in [0.1, 0.15) is 66.2 Å². The van der Waals surface area contributed by atoms with Gasteiger partial charge < -0.3 is 9.94 Å². The molecule has 0 saturated heterocycles. The molecule has 1 N–H and O–H groups in total. The number of allylic oxidation sites excluding steroid dienone is 5. The predicted molar refractivity (Wildman–Crippen MR) is 106 cm³/mol. The summed E-state index contributed by atoms with van der Waals surface area (Å²) in [5.41, 5.74) is 5.16. The Hall–Kier alpha value is -1.84. The molecule has 2 fully saturated rings. The topological polar surface area (TPSA) is 58.9 Å². The Labute approximate surface area is 162 Å². The van der Waals surface area contributed by atoms with Crippen molar-refractivity contribution in [1.82, 2.24) is 0 Å². The summed E-state index contributed by atoms with van der Waals surface area (Å²) in [6, 6.07) is 0. The number of oxime groups is 1. The van der Waals surface area contributed by atoms with E-state index >= 15 is 0 Å². The maximum absolute atomic E-state index is 11.4. The molecule has 0 aromatic heterocycles. The van der Waals surface area contributed by atoms with E-state index in [0.29, 0.717) is 11.8 Å². The largest absolute Gasteiger partial charge is 0.462 e. The van der Waals surface area contributed by atoms with Gasteiger partial charge in [-0.15, -0.1) is 0 Å². The molecule has 0 bridgehead atoms. The van der Waals surface area contributed by atoms with Crippen LogP contribution in [0.4, 0.5) is 0 Å². The summed E-state index contributed by atoms with van der Waals surface area (Å²) < 4.78 is 5.52. The molecule has 2 saturated carbocycles. The zero-order chi connectivity index (χ0) is 19.4. The summed E-state index contributed by atoms with van der Waals surface area (Å²) in [5.74, 6) is 1.04. The number of esters is 1. The van der Waals surface area contributed by atoms with Crippen molar-refractivity contribution in [2.45, 2.75) is 72.3 Å². The van der Waals surface area contributed by atoms with E-state index in [1.54, 1.807) is 0 Å². The number of carbonyl (C=O) groups is 1. The molecule has 4 aliphatic rings. The number of hydrogen-bond acceptors (Lipinski definition) is 4. The molecule has 0 radical (unpaired) electrons. The molecule has 0 aromatic rings. The lowest BCUT2D eigenvalue weighted by Crippen LogP contribution is -2.47. The fourth-order valence-electron chi connectivity index (χ4n) is 6.54. The maximum atomic E-state index is 11.4. The van der Waals surface area contributed by atoms with E-state index in [2.05, 4.69) is 37.2 Å². The third-order valence-corrected chi connectivity index (χ3v) is 7.98. The van der Waals surface area contributed by atoms with Gasteiger partial charge in [-0.05, 0) is 61.9 Å². The third kappa shape index (κ3) is 2.71. The van der Waals surface area contributed by atoms with E-state index in [1.807, 2.05) is 6.92 Å². The number of rotatable bonds is 2. The summed E-state index contributed by atoms with van der Waals surface area (Å²) in [6.45, 7) is 8.17. The highest BCUT2D eigenvalue weighted by Crippen LogP contribution is 2.63. The van der Waals surface area contributed by atoms with E-state index in [4.69, 9.17) is 4.74 Å². The van der Waals surface area contributed by atoms with Gasteiger partial charge in [0.05, 0.1) is 5.71 Å². The summed E-state index contributed by atoms with van der Waals surface area (Å²) >= 11 is 0. The van der Waals surface area contributed by atoms with Gasteiger partial charge in [-0.3, -0.25) is 4.79 Å². The van der Waals surface area contributed by atoms with Crippen molar-refractivity contribution >= 4 is 11.7 Å². The molecule has 4 aliphatic carbocycles. The van der Waals surface area contributed by atoms with Crippen molar-refractivity contribution in [3.8, 4) is 0 Å². The standard InChI is InChI=1S/C23H31NO3/c1-14(24-26)19-7-8-20-18-6-5-16-13-17(27-15(2)25)9-11-22(16,3)21(18)10-12-23(19,20)4/h5,7-8,17-18,21,26H,6,9-13H2,1-4H3/b24-14+/t17-,18-,21-,22-,23+/m0/s1. The van der Waals surface area contributed by atoms with Crippen molar-refractivity contribution in [2.24, 2.45) is 27.8 Å². The molecule has 0 spiro atoms. The van der Waals surface area contributed by atoms with Crippen LogP contribution in [0.2, 0.25) is 0 Å². The molecule has 0 aliphatic heterocycles. The lowest BCUT2D eigenvalue weighted by Gasteiger charge is -2.56. The van der Waals surface area contributed by atoms with Crippen LogP contribution < -0.4 is 0 Å². The Balaban J connectivity index is 1.61. The quantitative estimate of drug-likeness (QED) is 0.240. The minimum Gasteiger partial charge on any atom is -0.462 e. The third-order valence-electron chi connectivity index (χ3n) is 7.98. The molecular formula is C23H31NO3. The Kier molecular flexibility index (Phi) is 4.36. The predicted octanol–water partition coefficient (Wildman–Crippen LogP) is 5.19. The molecule has 4 heteroatoms. The van der Waals surface area contributed by atoms with Crippen molar-refractivity contribution in [1.29, 1.82) is 0 Å². The molecule has 0 heterocycles. The summed E-state index contributed by atoms with van der Waals surface area (Å²) in [5, 5.41) is 12.8. The molecule has 0 amide bonds. The Bertz CT molecular complexity index is 789. The average Bonchev–Trinajstić information content (AvgIpc) is 2.98. The first kappa shape index (κ1) is 18.5. The van der Waals surface area contributed by atoms with E-state index in [-0.39, 0.29) is 22.9 Å². The Morgan fingerprint density at radius 3 is 2.70 bits per heavy atom. The van der Waals surface area contributed by atoms with Crippen molar-refractivity contribution in [3.05, 3.63) is 34.9 Å². The van der Waals surface area contributed by atoms with Crippen LogP contribution in [0.25, 0.3) is 0 Å². The summed E-state index contributed by atoms with van der Waals surface area (Å²) in [7, 11) is 0. The van der Waals surface area contributed by atoms with Crippen molar-refractivity contribution in [3.63, 3.8) is 0 Å². The second-order valence-corrected chi connectivity index (χ2v) is 9.33. The number of ether oxygens (including phenoxy) is 1. The first-order chi connectivity index (χ1) is 12.8. The highest BCUT2D eigenvalue weighted by Gasteiger charge is 2.54. The smallest absolute Gasteiger partial charge is 0.302 e. The Morgan fingerprint density at radius 1 is 1.22 bits per heavy atom. The number of carbonyl (C=O) groups excluding carboxylic acids is 1. The highest BCUT2D eigenvalue weighted by atomic mass is 16.5. The molecular weight excluding hydrogens is 338 g/mol. The zero-order valence-corrected chi connectivity index (χ0v) is 16.9. The van der Waals surface area contributed by atoms with Crippen LogP contribution in [-0.4, -0.2) is 23.0 Å². The first-order valence-corrected chi connectivity index (χ1v) is 10.3. The minimum absolute atomic E-state index is 0.00806. The van der Waals surface area contributed by atoms with Gasteiger partial charge in [0.2, 0.25) is 0 Å². The number of hydrogen-bond donors (Lipinski definition) is 1. The van der Waals surface area contributed by atoms with Crippen molar-refractivity contribution in [2.75, 3.05) is 0 Å². The van der Waals surface area contributed by atoms with Gasteiger partial charge in [-0.25, -0.2) is 0 Å². The molecule has 146 valence electrons. The second kappa shape index (κ2) is 6.35. The van der Waals surface area contributed by atoms with Gasteiger partial charge in [0.25, 0.3) is 0 Å². The van der Waals surface area contributed by atoms with Crippen LogP contribution in [0.5, 0.6) is 0 Å². The van der Waals surface area contributed by atoms with Crippen LogP contribution in [0.3, 0.4) is 0 Å².